The van der Waals surface area contributed by atoms with Crippen LogP contribution < -0.4 is 32.3 Å². The van der Waals surface area contributed by atoms with Gasteiger partial charge >= 0.3 is 30.0 Å². The number of nitrogens with one attached hydrogen (secondary N) is 5. The predicted octanol–water partition coefficient (Wildman–Crippen LogP) is 3.46. The molecule has 4 aromatic carbocycles. The van der Waals surface area contributed by atoms with Crippen molar-refractivity contribution in [1.29, 1.82) is 0 Å². The van der Waals surface area contributed by atoms with E-state index in [9.17, 15) is 58.2 Å². The van der Waals surface area contributed by atoms with Crippen LogP contribution >= 0.6 is 0 Å². The van der Waals surface area contributed by atoms with Crippen LogP contribution in [0.3, 0.4) is 0 Å². The van der Waals surface area contributed by atoms with Crippen LogP contribution in [0.1, 0.15) is 119 Å². The fraction of sp³-hybridized carbons (Fsp3) is 0.465. The van der Waals surface area contributed by atoms with Crippen molar-refractivity contribution in [3.8, 4) is 0 Å². The molecule has 536 valence electrons. The van der Waals surface area contributed by atoms with Crippen molar-refractivity contribution in [1.82, 2.24) is 21.3 Å². The number of fused-ring (bicyclic) bond motifs is 5. The Hall–Kier alpha value is -9.94. The SMILES string of the molecule is CC[C@@]1(C)C2=C(C)[C@@H](OC(=O)[C@H](OC(=O)OCc3ccc(NC(=O)[C@@H](CC(N)=O)NC(=O)[C@@H](C)NC(=O)[C@@H](C)NC(=O)COCCOC)cc3)[C@@H](NC(=O)c3ccccc3)c3ccccc3)C[C@@]1(O)[C@@H](OC(=O)c1ccccc1)[C@H]1[C@](C)(C(=O)[C@@H]2OC(C)=O)[C@@H](O)CC2OC[C@]21OC(C)=O. The van der Waals surface area contributed by atoms with Crippen LogP contribution in [0.25, 0.3) is 0 Å². The zero-order valence-corrected chi connectivity index (χ0v) is 56.7. The topological polar surface area (TPSA) is 415 Å². The van der Waals surface area contributed by atoms with Crippen molar-refractivity contribution < 1.29 is 110 Å². The zero-order valence-electron chi connectivity index (χ0n) is 56.7. The molecule has 0 radical (unpaired) electrons. The molecule has 100 heavy (non-hydrogen) atoms. The largest absolute Gasteiger partial charge is 0.509 e. The van der Waals surface area contributed by atoms with Gasteiger partial charge in [0.2, 0.25) is 35.6 Å². The van der Waals surface area contributed by atoms with Crippen molar-refractivity contribution in [2.45, 2.75) is 160 Å². The van der Waals surface area contributed by atoms with Gasteiger partial charge in [0.05, 0.1) is 49.2 Å². The monoisotopic (exact) mass is 1390 g/mol. The number of aliphatic hydroxyl groups is 2. The minimum Gasteiger partial charge on any atom is -0.455 e. The Morgan fingerprint density at radius 2 is 1.35 bits per heavy atom. The Balaban J connectivity index is 1.10. The van der Waals surface area contributed by atoms with E-state index < -0.39 is 186 Å². The number of primary amides is 1. The second-order valence-electron chi connectivity index (χ2n) is 25.5. The number of carbonyl (C=O) groups is 12. The summed E-state index contributed by atoms with van der Waals surface area (Å²) >= 11 is 0. The minimum atomic E-state index is -2.57. The molecule has 15 atom stereocenters. The predicted molar refractivity (Wildman–Crippen MR) is 350 cm³/mol. The molecule has 2 saturated carbocycles. The number of Topliss-reactive ketones (excluding diaryl/α,β-unsaturated/α-hetero) is 1. The summed E-state index contributed by atoms with van der Waals surface area (Å²) in [6, 6.07) is 23.4. The van der Waals surface area contributed by atoms with Gasteiger partial charge in [-0.15, -0.1) is 0 Å². The Labute approximate surface area is 576 Å². The summed E-state index contributed by atoms with van der Waals surface area (Å²) in [7, 11) is 1.46. The maximum absolute atomic E-state index is 16.0. The third-order valence-corrected chi connectivity index (χ3v) is 19.0. The van der Waals surface area contributed by atoms with Crippen molar-refractivity contribution in [3.63, 3.8) is 0 Å². The van der Waals surface area contributed by atoms with Crippen molar-refractivity contribution in [3.05, 3.63) is 149 Å². The number of methoxy groups -OCH3 is 1. The van der Waals surface area contributed by atoms with E-state index in [4.69, 9.17) is 48.4 Å². The second-order valence-corrected chi connectivity index (χ2v) is 25.5. The molecule has 6 amide bonds. The standard InChI is InChI=1S/C71H84N6O23/c1-10-68(7)54-38(2)49(34-71(68,91)60(99-65(88)46-24-18-13-19-25-46)58-69(8,59(83)56(54)96-41(5)78)50(80)33-51-70(58,37-95-51)100-42(6)79)97-66(89)57(55(44-20-14-11-15-21-44)77-63(86)45-22-16-12-17-23-45)98-67(90)94-35-43-26-28-47(29-27-43)75-64(87)48(32-52(72)81)76-62(85)40(4)74-61(84)39(3)73-53(82)36-93-31-30-92-9/h11-29,39-40,48-51,55-58,60,80,91H,10,30-37H2,1-9H3,(H2,72,81)(H,73,82)(H,74,84)(H,75,87)(H,76,85)(H,77,86)/t39-,40-,48-,49+,50+,51?,55+,56-,57-,58+,60+,68+,69-,70+,71-/m1/s1. The highest BCUT2D eigenvalue weighted by Crippen LogP contribution is 2.65. The van der Waals surface area contributed by atoms with E-state index in [0.29, 0.717) is 0 Å². The molecule has 3 aliphatic carbocycles. The van der Waals surface area contributed by atoms with Gasteiger partial charge in [0.25, 0.3) is 5.91 Å². The summed E-state index contributed by atoms with van der Waals surface area (Å²) in [5, 5.41) is 39.3. The van der Waals surface area contributed by atoms with Gasteiger partial charge in [-0.1, -0.05) is 92.7 Å². The number of esters is 4. The quantitative estimate of drug-likeness (QED) is 0.0175. The number of hydrogen-bond donors (Lipinski definition) is 8. The van der Waals surface area contributed by atoms with E-state index in [1.165, 1.54) is 95.5 Å². The lowest BCUT2D eigenvalue weighted by atomic mass is 9.44. The molecule has 1 aliphatic heterocycles. The summed E-state index contributed by atoms with van der Waals surface area (Å²) < 4.78 is 52.8. The van der Waals surface area contributed by atoms with Gasteiger partial charge in [0.1, 0.15) is 61.3 Å². The molecule has 1 heterocycles. The number of hydrogen-bond acceptors (Lipinski definition) is 23. The van der Waals surface area contributed by atoms with E-state index in [0.717, 1.165) is 13.8 Å². The molecule has 0 aromatic heterocycles. The normalized spacial score (nSPS) is 25.7. The fourth-order valence-electron chi connectivity index (χ4n) is 13.6. The number of ether oxygens (including phenoxy) is 9. The average Bonchev–Trinajstić information content (AvgIpc) is 0.668. The Morgan fingerprint density at radius 3 is 1.93 bits per heavy atom. The molecule has 1 saturated heterocycles. The van der Waals surface area contributed by atoms with Crippen LogP contribution in [-0.4, -0.2) is 181 Å². The molecule has 1 unspecified atom stereocenters. The van der Waals surface area contributed by atoms with Gasteiger partial charge in [-0.3, -0.25) is 43.2 Å². The fourth-order valence-corrected chi connectivity index (χ4v) is 13.6. The lowest BCUT2D eigenvalue weighted by molar-refractivity contribution is -0.346. The number of amides is 6. The number of rotatable bonds is 28. The highest BCUT2D eigenvalue weighted by atomic mass is 16.7. The van der Waals surface area contributed by atoms with Crippen molar-refractivity contribution in [2.24, 2.45) is 22.5 Å². The number of carbonyl (C=O) groups excluding carboxylic acids is 12. The number of aliphatic hydroxyl groups excluding tert-OH is 1. The van der Waals surface area contributed by atoms with Crippen molar-refractivity contribution in [2.75, 3.05) is 38.9 Å². The molecule has 29 nitrogen and oxygen atoms in total. The smallest absolute Gasteiger partial charge is 0.455 e. The first-order valence-electron chi connectivity index (χ1n) is 32.4. The number of anilines is 1. The first kappa shape index (κ1) is 75.8. The molecular weight excluding hydrogens is 1300 g/mol. The van der Waals surface area contributed by atoms with Gasteiger partial charge in [0.15, 0.2) is 17.5 Å². The Bertz CT molecular complexity index is 3750. The van der Waals surface area contributed by atoms with E-state index >= 15 is 9.59 Å². The van der Waals surface area contributed by atoms with E-state index in [1.807, 2.05) is 0 Å². The average molecular weight is 1390 g/mol. The van der Waals surface area contributed by atoms with Crippen LogP contribution in [0.2, 0.25) is 0 Å². The van der Waals surface area contributed by atoms with Crippen LogP contribution in [0.15, 0.2) is 126 Å². The van der Waals surface area contributed by atoms with Crippen LogP contribution in [-0.2, 0) is 92.4 Å². The van der Waals surface area contributed by atoms with Crippen molar-refractivity contribution >= 4 is 76.9 Å². The van der Waals surface area contributed by atoms with Gasteiger partial charge in [-0.25, -0.2) is 14.4 Å². The maximum atomic E-state index is 16.0. The Kier molecular flexibility index (Phi) is 24.5. The molecule has 9 N–H and O–H groups in total. The summed E-state index contributed by atoms with van der Waals surface area (Å²) in [6.45, 7) is 9.94. The lowest BCUT2D eigenvalue weighted by Crippen LogP contribution is -2.82. The summed E-state index contributed by atoms with van der Waals surface area (Å²) in [5.41, 5.74) is -2.35. The minimum absolute atomic E-state index is 0.00830. The number of benzene rings is 4. The van der Waals surface area contributed by atoms with Crippen LogP contribution in [0.5, 0.6) is 0 Å². The molecule has 3 fully saturated rings. The van der Waals surface area contributed by atoms with Gasteiger partial charge < -0.3 is 85.2 Å². The summed E-state index contributed by atoms with van der Waals surface area (Å²) in [4.78, 5) is 166. The highest BCUT2D eigenvalue weighted by Gasteiger charge is 2.79. The molecule has 2 bridgehead atoms. The summed E-state index contributed by atoms with van der Waals surface area (Å²) in [5.74, 6) is -11.7. The van der Waals surface area contributed by atoms with Gasteiger partial charge in [0, 0.05) is 50.5 Å². The molecule has 8 rings (SSSR count). The van der Waals surface area contributed by atoms with Crippen LogP contribution in [0, 0.1) is 16.7 Å². The third kappa shape index (κ3) is 16.5. The Morgan fingerprint density at radius 1 is 0.740 bits per heavy atom. The number of ketones is 1. The van der Waals surface area contributed by atoms with E-state index in [1.54, 1.807) is 68.4 Å². The zero-order chi connectivity index (χ0) is 73.0. The molecule has 4 aromatic rings. The second kappa shape index (κ2) is 32.4. The van der Waals surface area contributed by atoms with E-state index in [-0.39, 0.29) is 71.7 Å². The van der Waals surface area contributed by atoms with E-state index in [2.05, 4.69) is 26.6 Å². The van der Waals surface area contributed by atoms with Gasteiger partial charge in [-0.05, 0) is 92.8 Å². The highest BCUT2D eigenvalue weighted by molar-refractivity contribution is 6.01. The lowest BCUT2D eigenvalue weighted by Gasteiger charge is -2.67. The molecular formula is C71H84N6O23. The number of nitrogens with two attached hydrogens (primary N) is 1. The first-order chi connectivity index (χ1) is 47.4. The third-order valence-electron chi connectivity index (χ3n) is 19.0. The maximum Gasteiger partial charge on any atom is 0.509 e. The molecule has 4 aliphatic rings. The first-order valence-corrected chi connectivity index (χ1v) is 32.4. The summed E-state index contributed by atoms with van der Waals surface area (Å²) in [6.07, 6.45) is -13.9. The molecule has 29 heteroatoms. The molecule has 0 spiro atoms. The van der Waals surface area contributed by atoms with Crippen LogP contribution in [0.4, 0.5) is 10.5 Å². The van der Waals surface area contributed by atoms with Gasteiger partial charge in [-0.2, -0.15) is 0 Å².